The molecule has 0 spiro atoms. The van der Waals surface area contributed by atoms with Gasteiger partial charge in [-0.25, -0.2) is 4.98 Å². The van der Waals surface area contributed by atoms with Crippen LogP contribution in [0.25, 0.3) is 16.9 Å². The number of imidazole rings is 1. The van der Waals surface area contributed by atoms with Gasteiger partial charge in [0.05, 0.1) is 28.7 Å². The lowest BCUT2D eigenvalue weighted by Gasteiger charge is -2.14. The Labute approximate surface area is 136 Å². The summed E-state index contributed by atoms with van der Waals surface area (Å²) in [6, 6.07) is 1.39. The van der Waals surface area contributed by atoms with E-state index in [-0.39, 0.29) is 29.5 Å². The zero-order valence-corrected chi connectivity index (χ0v) is 12.4. The lowest BCUT2D eigenvalue weighted by molar-refractivity contribution is -0.143. The summed E-state index contributed by atoms with van der Waals surface area (Å²) < 4.78 is 79.3. The van der Waals surface area contributed by atoms with Crippen LogP contribution in [-0.4, -0.2) is 14.4 Å². The van der Waals surface area contributed by atoms with E-state index >= 15 is 0 Å². The minimum atomic E-state index is -4.92. The van der Waals surface area contributed by atoms with Gasteiger partial charge in [0.2, 0.25) is 0 Å². The van der Waals surface area contributed by atoms with E-state index in [0.717, 1.165) is 0 Å². The molecule has 0 fully saturated rings. The summed E-state index contributed by atoms with van der Waals surface area (Å²) in [7, 11) is 0. The van der Waals surface area contributed by atoms with Crippen LogP contribution >= 0.6 is 0 Å². The molecule has 3 aromatic rings. The van der Waals surface area contributed by atoms with Crippen molar-refractivity contribution < 1.29 is 26.3 Å². The molecule has 0 unspecified atom stereocenters. The lowest BCUT2D eigenvalue weighted by Crippen LogP contribution is -2.11. The second kappa shape index (κ2) is 5.73. The van der Waals surface area contributed by atoms with E-state index in [0.29, 0.717) is 17.8 Å². The number of rotatable bonds is 2. The Balaban J connectivity index is 2.27. The first-order chi connectivity index (χ1) is 11.6. The first-order valence-electron chi connectivity index (χ1n) is 6.92. The van der Waals surface area contributed by atoms with E-state index in [1.54, 1.807) is 0 Å². The van der Waals surface area contributed by atoms with Gasteiger partial charge >= 0.3 is 12.4 Å². The maximum absolute atomic E-state index is 13.0. The Kier molecular flexibility index (Phi) is 3.94. The predicted octanol–water partition coefficient (Wildman–Crippen LogP) is 3.89. The number of nitrogens with two attached hydrogens (primary N) is 1. The minimum Gasteiger partial charge on any atom is -0.325 e. The van der Waals surface area contributed by atoms with Gasteiger partial charge in [-0.05, 0) is 18.2 Å². The van der Waals surface area contributed by atoms with Crippen molar-refractivity contribution in [2.24, 2.45) is 5.73 Å². The minimum absolute atomic E-state index is 0.0250. The van der Waals surface area contributed by atoms with Gasteiger partial charge in [-0.2, -0.15) is 26.3 Å². The third-order valence-corrected chi connectivity index (χ3v) is 3.58. The molecule has 2 N–H and O–H groups in total. The van der Waals surface area contributed by atoms with Crippen LogP contribution in [0.5, 0.6) is 0 Å². The van der Waals surface area contributed by atoms with Gasteiger partial charge in [-0.15, -0.1) is 0 Å². The zero-order chi connectivity index (χ0) is 18.4. The highest BCUT2D eigenvalue weighted by Gasteiger charge is 2.37. The molecule has 2 aromatic heterocycles. The highest BCUT2D eigenvalue weighted by atomic mass is 19.4. The molecule has 0 aliphatic rings. The number of hydrogen-bond donors (Lipinski definition) is 1. The van der Waals surface area contributed by atoms with Gasteiger partial charge < -0.3 is 5.73 Å². The summed E-state index contributed by atoms with van der Waals surface area (Å²) in [6.07, 6.45) is -5.91. The largest absolute Gasteiger partial charge is 0.416 e. The molecule has 0 bridgehead atoms. The Morgan fingerprint density at radius 2 is 1.52 bits per heavy atom. The van der Waals surface area contributed by atoms with Crippen LogP contribution in [0.3, 0.4) is 0 Å². The third-order valence-electron chi connectivity index (χ3n) is 3.58. The number of hydrogen-bond acceptors (Lipinski definition) is 3. The molecule has 1 aromatic carbocycles. The van der Waals surface area contributed by atoms with Crippen molar-refractivity contribution in [1.82, 2.24) is 14.4 Å². The molecule has 2 heterocycles. The first-order valence-corrected chi connectivity index (χ1v) is 6.92. The summed E-state index contributed by atoms with van der Waals surface area (Å²) in [5, 5.41) is 0. The fourth-order valence-electron chi connectivity index (χ4n) is 2.43. The summed E-state index contributed by atoms with van der Waals surface area (Å²) in [5.74, 6) is 0. The molecule has 4 nitrogen and oxygen atoms in total. The molecular weight excluding hydrogens is 350 g/mol. The molecular formula is C15H10F6N4. The number of halogens is 6. The molecule has 132 valence electrons. The van der Waals surface area contributed by atoms with Crippen LogP contribution in [0.4, 0.5) is 26.3 Å². The van der Waals surface area contributed by atoms with Crippen molar-refractivity contribution in [1.29, 1.82) is 0 Å². The van der Waals surface area contributed by atoms with E-state index in [4.69, 9.17) is 5.73 Å². The monoisotopic (exact) mass is 360 g/mol. The van der Waals surface area contributed by atoms with E-state index in [1.807, 2.05) is 0 Å². The van der Waals surface area contributed by atoms with Crippen LogP contribution in [0.2, 0.25) is 0 Å². The van der Waals surface area contributed by atoms with Gasteiger partial charge in [0.15, 0.2) is 5.65 Å². The van der Waals surface area contributed by atoms with Crippen LogP contribution in [0, 0.1) is 0 Å². The number of benzene rings is 1. The van der Waals surface area contributed by atoms with Crippen LogP contribution in [0.15, 0.2) is 36.8 Å². The molecule has 25 heavy (non-hydrogen) atoms. The van der Waals surface area contributed by atoms with Gasteiger partial charge in [0.25, 0.3) is 0 Å². The van der Waals surface area contributed by atoms with E-state index in [9.17, 15) is 26.3 Å². The fraction of sp³-hybridized carbons (Fsp3) is 0.200. The summed E-state index contributed by atoms with van der Waals surface area (Å²) >= 11 is 0. The normalized spacial score (nSPS) is 12.8. The van der Waals surface area contributed by atoms with Crippen molar-refractivity contribution in [2.75, 3.05) is 0 Å². The Morgan fingerprint density at radius 3 is 2.04 bits per heavy atom. The van der Waals surface area contributed by atoms with Crippen molar-refractivity contribution >= 4 is 5.65 Å². The molecule has 3 rings (SSSR count). The van der Waals surface area contributed by atoms with Gasteiger partial charge in [-0.3, -0.25) is 9.38 Å². The SMILES string of the molecule is NCc1nccn2c(-c3cc(C(F)(F)F)cc(C(F)(F)F)c3)cnc12. The Morgan fingerprint density at radius 1 is 0.920 bits per heavy atom. The Bertz CT molecular complexity index is 894. The molecule has 0 saturated carbocycles. The molecule has 0 aliphatic heterocycles. The molecule has 0 atom stereocenters. The predicted molar refractivity (Wildman–Crippen MR) is 76.3 cm³/mol. The molecule has 10 heteroatoms. The number of nitrogens with zero attached hydrogens (tertiary/aromatic N) is 3. The van der Waals surface area contributed by atoms with Crippen molar-refractivity contribution in [3.05, 3.63) is 53.6 Å². The highest BCUT2D eigenvalue weighted by molar-refractivity contribution is 5.66. The average Bonchev–Trinajstić information content (AvgIpc) is 2.96. The third kappa shape index (κ3) is 3.16. The van der Waals surface area contributed by atoms with E-state index < -0.39 is 23.5 Å². The molecule has 0 radical (unpaired) electrons. The molecule has 0 amide bonds. The van der Waals surface area contributed by atoms with Gasteiger partial charge in [0.1, 0.15) is 0 Å². The first kappa shape index (κ1) is 17.2. The van der Waals surface area contributed by atoms with E-state index in [1.165, 1.54) is 23.0 Å². The van der Waals surface area contributed by atoms with Crippen LogP contribution in [0.1, 0.15) is 16.8 Å². The van der Waals surface area contributed by atoms with Crippen molar-refractivity contribution in [2.45, 2.75) is 18.9 Å². The maximum Gasteiger partial charge on any atom is 0.416 e. The second-order valence-corrected chi connectivity index (χ2v) is 5.21. The Hall–Kier alpha value is -2.62. The summed E-state index contributed by atoms with van der Waals surface area (Å²) in [6.45, 7) is 0.0250. The van der Waals surface area contributed by atoms with E-state index in [2.05, 4.69) is 9.97 Å². The summed E-state index contributed by atoms with van der Waals surface area (Å²) in [5.41, 5.74) is 3.19. The smallest absolute Gasteiger partial charge is 0.325 e. The number of aromatic nitrogens is 3. The zero-order valence-electron chi connectivity index (χ0n) is 12.4. The quantitative estimate of drug-likeness (QED) is 0.706. The van der Waals surface area contributed by atoms with Crippen LogP contribution < -0.4 is 5.73 Å². The van der Waals surface area contributed by atoms with Gasteiger partial charge in [-0.1, -0.05) is 0 Å². The second-order valence-electron chi connectivity index (χ2n) is 5.21. The standard InChI is InChI=1S/C15H10F6N4/c16-14(17,18)9-3-8(4-10(5-9)15(19,20)21)12-7-24-13-11(6-22)23-1-2-25(12)13/h1-5,7H,6,22H2. The van der Waals surface area contributed by atoms with Crippen molar-refractivity contribution in [3.63, 3.8) is 0 Å². The van der Waals surface area contributed by atoms with Gasteiger partial charge in [0, 0.05) is 24.5 Å². The summed E-state index contributed by atoms with van der Waals surface area (Å²) in [4.78, 5) is 7.99. The van der Waals surface area contributed by atoms with Crippen LogP contribution in [-0.2, 0) is 18.9 Å². The maximum atomic E-state index is 13.0. The van der Waals surface area contributed by atoms with Crippen molar-refractivity contribution in [3.8, 4) is 11.3 Å². The molecule has 0 saturated heterocycles. The lowest BCUT2D eigenvalue weighted by atomic mass is 10.0. The topological polar surface area (TPSA) is 56.2 Å². The number of fused-ring (bicyclic) bond motifs is 1. The number of alkyl halides is 6. The molecule has 0 aliphatic carbocycles. The highest BCUT2D eigenvalue weighted by Crippen LogP contribution is 2.38. The fourth-order valence-corrected chi connectivity index (χ4v) is 2.43. The average molecular weight is 360 g/mol.